The molecule has 0 saturated carbocycles. The van der Waals surface area contributed by atoms with Crippen LogP contribution in [0.15, 0.2) is 43.0 Å². The van der Waals surface area contributed by atoms with E-state index in [0.717, 1.165) is 12.0 Å². The van der Waals surface area contributed by atoms with Crippen molar-refractivity contribution >= 4 is 6.08 Å². The van der Waals surface area contributed by atoms with Crippen LogP contribution >= 0.6 is 0 Å². The van der Waals surface area contributed by atoms with Crippen LogP contribution in [-0.2, 0) is 6.42 Å². The molecule has 118 valence electrons. The maximum atomic E-state index is 9.46. The van der Waals surface area contributed by atoms with E-state index in [4.69, 9.17) is 9.47 Å². The van der Waals surface area contributed by atoms with Gasteiger partial charge in [0.1, 0.15) is 0 Å². The van der Waals surface area contributed by atoms with Gasteiger partial charge in [0.15, 0.2) is 23.0 Å². The molecule has 0 heterocycles. The average molecular weight is 302 g/mol. The van der Waals surface area contributed by atoms with Gasteiger partial charge < -0.3 is 19.7 Å². The second-order valence-corrected chi connectivity index (χ2v) is 4.42. The van der Waals surface area contributed by atoms with Crippen LogP contribution < -0.4 is 9.47 Å². The van der Waals surface area contributed by atoms with E-state index in [0.29, 0.717) is 17.1 Å². The van der Waals surface area contributed by atoms with Gasteiger partial charge in [-0.1, -0.05) is 43.8 Å². The van der Waals surface area contributed by atoms with Gasteiger partial charge in [-0.2, -0.15) is 0 Å². The minimum atomic E-state index is 0.144. The maximum Gasteiger partial charge on any atom is 0.165 e. The van der Waals surface area contributed by atoms with Gasteiger partial charge in [-0.3, -0.25) is 0 Å². The van der Waals surface area contributed by atoms with Crippen LogP contribution in [0.25, 0.3) is 6.08 Å². The molecule has 4 heteroatoms. The molecule has 0 saturated heterocycles. The molecular formula is C18H22O4. The van der Waals surface area contributed by atoms with E-state index < -0.39 is 0 Å². The molecule has 0 fully saturated rings. The highest BCUT2D eigenvalue weighted by atomic mass is 16.5. The fraction of sp³-hybridized carbons (Fsp3) is 0.222. The Kier molecular flexibility index (Phi) is 6.83. The summed E-state index contributed by atoms with van der Waals surface area (Å²) in [5.41, 5.74) is 1.61. The van der Waals surface area contributed by atoms with E-state index in [1.54, 1.807) is 37.5 Å². The van der Waals surface area contributed by atoms with Crippen molar-refractivity contribution in [2.45, 2.75) is 13.3 Å². The molecule has 2 aromatic carbocycles. The van der Waals surface area contributed by atoms with Gasteiger partial charge in [0.2, 0.25) is 0 Å². The number of phenols is 2. The lowest BCUT2D eigenvalue weighted by molar-refractivity contribution is 0.371. The molecule has 0 aromatic heterocycles. The van der Waals surface area contributed by atoms with Gasteiger partial charge in [0.05, 0.1) is 14.2 Å². The van der Waals surface area contributed by atoms with E-state index in [2.05, 4.69) is 6.58 Å². The van der Waals surface area contributed by atoms with Crippen molar-refractivity contribution in [2.24, 2.45) is 0 Å². The Balaban J connectivity index is 0.000000220. The lowest BCUT2D eigenvalue weighted by atomic mass is 10.1. The van der Waals surface area contributed by atoms with Crippen molar-refractivity contribution in [2.75, 3.05) is 14.2 Å². The van der Waals surface area contributed by atoms with Gasteiger partial charge in [0, 0.05) is 5.56 Å². The van der Waals surface area contributed by atoms with Crippen molar-refractivity contribution in [3.8, 4) is 23.0 Å². The quantitative estimate of drug-likeness (QED) is 0.896. The van der Waals surface area contributed by atoms with Gasteiger partial charge >= 0.3 is 0 Å². The van der Waals surface area contributed by atoms with Crippen LogP contribution in [0.3, 0.4) is 0 Å². The molecule has 0 unspecified atom stereocenters. The van der Waals surface area contributed by atoms with E-state index >= 15 is 0 Å². The van der Waals surface area contributed by atoms with E-state index in [1.165, 1.54) is 7.11 Å². The first-order chi connectivity index (χ1) is 10.6. The van der Waals surface area contributed by atoms with Gasteiger partial charge in [0.25, 0.3) is 0 Å². The van der Waals surface area contributed by atoms with Crippen LogP contribution in [0.2, 0.25) is 0 Å². The number of hydrogen-bond acceptors (Lipinski definition) is 4. The number of rotatable bonds is 4. The Morgan fingerprint density at radius 3 is 2.00 bits per heavy atom. The molecular weight excluding hydrogens is 280 g/mol. The number of ether oxygens (including phenoxy) is 2. The number of methoxy groups -OCH3 is 2. The zero-order valence-corrected chi connectivity index (χ0v) is 13.2. The van der Waals surface area contributed by atoms with Gasteiger partial charge in [-0.15, -0.1) is 0 Å². The van der Waals surface area contributed by atoms with E-state index in [9.17, 15) is 10.2 Å². The van der Waals surface area contributed by atoms with E-state index in [1.807, 2.05) is 19.1 Å². The van der Waals surface area contributed by atoms with Gasteiger partial charge in [-0.25, -0.2) is 0 Å². The number of aryl methyl sites for hydroxylation is 1. The summed E-state index contributed by atoms with van der Waals surface area (Å²) in [7, 11) is 3.07. The van der Waals surface area contributed by atoms with Crippen LogP contribution in [0.5, 0.6) is 23.0 Å². The molecule has 2 rings (SSSR count). The molecule has 22 heavy (non-hydrogen) atoms. The summed E-state index contributed by atoms with van der Waals surface area (Å²) in [6.45, 7) is 5.55. The zero-order chi connectivity index (χ0) is 16.5. The first-order valence-corrected chi connectivity index (χ1v) is 6.92. The molecule has 2 N–H and O–H groups in total. The smallest absolute Gasteiger partial charge is 0.165 e. The molecule has 0 amide bonds. The number of hydrogen-bond donors (Lipinski definition) is 2. The monoisotopic (exact) mass is 302 g/mol. The third-order valence-electron chi connectivity index (χ3n) is 3.15. The molecule has 4 nitrogen and oxygen atoms in total. The molecule has 0 spiro atoms. The summed E-state index contributed by atoms with van der Waals surface area (Å²) in [4.78, 5) is 0. The zero-order valence-electron chi connectivity index (χ0n) is 13.2. The Morgan fingerprint density at radius 1 is 0.955 bits per heavy atom. The fourth-order valence-corrected chi connectivity index (χ4v) is 1.89. The summed E-state index contributed by atoms with van der Waals surface area (Å²) in [5, 5.41) is 18.9. The number of phenolic OH excluding ortho intramolecular Hbond substituents is 2. The molecule has 0 aliphatic heterocycles. The van der Waals surface area contributed by atoms with Gasteiger partial charge in [-0.05, 0) is 24.1 Å². The summed E-state index contributed by atoms with van der Waals surface area (Å²) >= 11 is 0. The molecule has 2 aromatic rings. The van der Waals surface area contributed by atoms with Crippen molar-refractivity contribution in [1.82, 2.24) is 0 Å². The molecule has 0 aliphatic rings. The fourth-order valence-electron chi connectivity index (χ4n) is 1.89. The topological polar surface area (TPSA) is 58.9 Å². The molecule has 0 atom stereocenters. The first kappa shape index (κ1) is 17.4. The van der Waals surface area contributed by atoms with Crippen LogP contribution in [-0.4, -0.2) is 24.4 Å². The predicted octanol–water partition coefficient (Wildman–Crippen LogP) is 4.01. The minimum absolute atomic E-state index is 0.144. The predicted molar refractivity (Wildman–Crippen MR) is 88.8 cm³/mol. The summed E-state index contributed by atoms with van der Waals surface area (Å²) in [6.07, 6.45) is 2.40. The Bertz CT molecular complexity index is 598. The number of aromatic hydroxyl groups is 2. The lowest BCUT2D eigenvalue weighted by Crippen LogP contribution is -1.87. The maximum absolute atomic E-state index is 9.46. The standard InChI is InChI=1S/C9H12O2.C9H10O2/c2*1-3-7-5-4-6-8(11-2)9(7)10/h4-6,10H,3H2,1-2H3;3-6,10H,1H2,2H3. The average Bonchev–Trinajstić information content (AvgIpc) is 2.56. The highest BCUT2D eigenvalue weighted by molar-refractivity contribution is 5.60. The van der Waals surface area contributed by atoms with Crippen LogP contribution in [0, 0.1) is 0 Å². The molecule has 0 radical (unpaired) electrons. The molecule has 0 bridgehead atoms. The summed E-state index contributed by atoms with van der Waals surface area (Å²) in [5.74, 6) is 1.43. The van der Waals surface area contributed by atoms with E-state index in [-0.39, 0.29) is 11.5 Å². The largest absolute Gasteiger partial charge is 0.504 e. The second kappa shape index (κ2) is 8.62. The lowest BCUT2D eigenvalue weighted by Gasteiger charge is -2.05. The normalized spacial score (nSPS) is 9.41. The number of benzene rings is 2. The van der Waals surface area contributed by atoms with Crippen molar-refractivity contribution in [3.63, 3.8) is 0 Å². The Hall–Kier alpha value is -2.62. The SMILES string of the molecule is C=Cc1cccc(OC)c1O.CCc1cccc(OC)c1O. The summed E-state index contributed by atoms with van der Waals surface area (Å²) < 4.78 is 9.83. The third kappa shape index (κ3) is 4.19. The summed E-state index contributed by atoms with van der Waals surface area (Å²) in [6, 6.07) is 10.8. The van der Waals surface area contributed by atoms with Crippen molar-refractivity contribution in [1.29, 1.82) is 0 Å². The first-order valence-electron chi connectivity index (χ1n) is 6.92. The van der Waals surface area contributed by atoms with Crippen molar-refractivity contribution in [3.05, 3.63) is 54.1 Å². The van der Waals surface area contributed by atoms with Crippen LogP contribution in [0.1, 0.15) is 18.1 Å². The number of para-hydroxylation sites is 2. The third-order valence-corrected chi connectivity index (χ3v) is 3.15. The minimum Gasteiger partial charge on any atom is -0.504 e. The Morgan fingerprint density at radius 2 is 1.50 bits per heavy atom. The second-order valence-electron chi connectivity index (χ2n) is 4.42. The highest BCUT2D eigenvalue weighted by Gasteiger charge is 2.04. The van der Waals surface area contributed by atoms with Crippen LogP contribution in [0.4, 0.5) is 0 Å². The Labute approximate surface area is 131 Å². The van der Waals surface area contributed by atoms with Crippen molar-refractivity contribution < 1.29 is 19.7 Å². The molecule has 0 aliphatic carbocycles. The highest BCUT2D eigenvalue weighted by Crippen LogP contribution is 2.30.